The summed E-state index contributed by atoms with van der Waals surface area (Å²) < 4.78 is 0. The van der Waals surface area contributed by atoms with Gasteiger partial charge in [-0.1, -0.05) is 6.92 Å². The molecule has 11 nitrogen and oxygen atoms in total. The molecule has 3 aromatic carbocycles. The first-order valence-corrected chi connectivity index (χ1v) is 16.0. The van der Waals surface area contributed by atoms with Crippen molar-refractivity contribution in [1.29, 1.82) is 0 Å². The number of rotatable bonds is 4. The second kappa shape index (κ2) is 9.83. The Morgan fingerprint density at radius 2 is 0.979 bits per heavy atom. The number of aromatic amines is 3. The Labute approximate surface area is 268 Å². The fourth-order valence-electron chi connectivity index (χ4n) is 7.85. The molecule has 0 unspecified atom stereocenters. The van der Waals surface area contributed by atoms with E-state index in [4.69, 9.17) is 5.73 Å². The van der Waals surface area contributed by atoms with E-state index in [1.165, 1.54) is 0 Å². The SMILES string of the molecule is CCC(=O)c1cc2c3c(ccc2[nH]1)N(C(=O)c1cc2c4c(ccc2[nH]1)N(C(=O)c1cc2c5c(ccc2[nH]1)N(C(N)=O)CC5)CC4)CC3. The molecule has 3 aliphatic heterocycles. The summed E-state index contributed by atoms with van der Waals surface area (Å²) in [7, 11) is 0. The van der Waals surface area contributed by atoms with E-state index in [-0.39, 0.29) is 17.6 Å². The Balaban J connectivity index is 1.01. The lowest BCUT2D eigenvalue weighted by Crippen LogP contribution is -2.33. The van der Waals surface area contributed by atoms with Gasteiger partial charge in [-0.15, -0.1) is 0 Å². The number of hydrogen-bond donors (Lipinski definition) is 4. The summed E-state index contributed by atoms with van der Waals surface area (Å²) in [5.74, 6) is -0.174. The number of primary amides is 1. The fraction of sp³-hybridized carbons (Fsp3) is 0.222. The van der Waals surface area contributed by atoms with Crippen LogP contribution in [0.25, 0.3) is 32.7 Å². The number of carbonyl (C=O) groups excluding carboxylic acids is 4. The number of H-pyrrole nitrogens is 3. The summed E-state index contributed by atoms with van der Waals surface area (Å²) in [5, 5.41) is 2.85. The number of hydrogen-bond acceptors (Lipinski definition) is 4. The van der Waals surface area contributed by atoms with Gasteiger partial charge in [-0.3, -0.25) is 19.3 Å². The third-order valence-corrected chi connectivity index (χ3v) is 10.1. The average molecular weight is 626 g/mol. The summed E-state index contributed by atoms with van der Waals surface area (Å²) in [6, 6.07) is 16.7. The van der Waals surface area contributed by atoms with E-state index in [1.807, 2.05) is 61.5 Å². The maximum atomic E-state index is 13.9. The van der Waals surface area contributed by atoms with Crippen LogP contribution in [0, 0.1) is 0 Å². The van der Waals surface area contributed by atoms with E-state index in [0.29, 0.717) is 62.4 Å². The van der Waals surface area contributed by atoms with Gasteiger partial charge in [0.1, 0.15) is 11.4 Å². The molecule has 11 heteroatoms. The van der Waals surface area contributed by atoms with Crippen molar-refractivity contribution in [1.82, 2.24) is 15.0 Å². The molecule has 5 N–H and O–H groups in total. The first-order valence-electron chi connectivity index (χ1n) is 16.0. The zero-order chi connectivity index (χ0) is 32.1. The molecular weight excluding hydrogens is 594 g/mol. The highest BCUT2D eigenvalue weighted by molar-refractivity contribution is 6.13. The summed E-state index contributed by atoms with van der Waals surface area (Å²) in [6.07, 6.45) is 2.49. The molecule has 4 amide bonds. The predicted octanol–water partition coefficient (Wildman–Crippen LogP) is 5.57. The Bertz CT molecular complexity index is 2380. The van der Waals surface area contributed by atoms with Crippen molar-refractivity contribution in [2.45, 2.75) is 32.6 Å². The van der Waals surface area contributed by atoms with Crippen LogP contribution in [-0.2, 0) is 19.3 Å². The third-order valence-electron chi connectivity index (χ3n) is 10.1. The van der Waals surface area contributed by atoms with Crippen LogP contribution >= 0.6 is 0 Å². The zero-order valence-corrected chi connectivity index (χ0v) is 25.7. The van der Waals surface area contributed by atoms with E-state index in [2.05, 4.69) is 15.0 Å². The molecule has 6 aromatic rings. The van der Waals surface area contributed by atoms with Gasteiger partial charge in [-0.05, 0) is 90.6 Å². The second-order valence-corrected chi connectivity index (χ2v) is 12.6. The number of aromatic nitrogens is 3. The molecule has 234 valence electrons. The van der Waals surface area contributed by atoms with Crippen LogP contribution in [0.15, 0.2) is 54.6 Å². The van der Waals surface area contributed by atoms with Gasteiger partial charge in [0.25, 0.3) is 11.8 Å². The number of carbonyl (C=O) groups is 4. The van der Waals surface area contributed by atoms with Crippen LogP contribution in [0.2, 0.25) is 0 Å². The second-order valence-electron chi connectivity index (χ2n) is 12.6. The van der Waals surface area contributed by atoms with Crippen LogP contribution in [-0.4, -0.2) is 58.2 Å². The van der Waals surface area contributed by atoms with Gasteiger partial charge in [-0.25, -0.2) is 4.79 Å². The van der Waals surface area contributed by atoms with Crippen molar-refractivity contribution in [2.75, 3.05) is 34.3 Å². The normalized spacial score (nSPS) is 15.2. The van der Waals surface area contributed by atoms with Gasteiger partial charge in [-0.2, -0.15) is 0 Å². The predicted molar refractivity (Wildman–Crippen MR) is 181 cm³/mol. The highest BCUT2D eigenvalue weighted by atomic mass is 16.2. The molecule has 0 saturated carbocycles. The summed E-state index contributed by atoms with van der Waals surface area (Å²) in [4.78, 5) is 66.9. The van der Waals surface area contributed by atoms with Gasteiger partial charge >= 0.3 is 6.03 Å². The number of ketones is 1. The molecular formula is C36H31N7O4. The lowest BCUT2D eigenvalue weighted by molar-refractivity contribution is 0.0977. The molecule has 0 spiro atoms. The number of fused-ring (bicyclic) bond motifs is 9. The molecule has 0 fully saturated rings. The molecule has 0 aliphatic carbocycles. The van der Waals surface area contributed by atoms with E-state index in [1.54, 1.807) is 14.7 Å². The molecule has 6 heterocycles. The Kier molecular flexibility index (Phi) is 5.74. The van der Waals surface area contributed by atoms with Crippen LogP contribution in [0.1, 0.15) is 61.5 Å². The zero-order valence-electron chi connectivity index (χ0n) is 25.7. The molecule has 3 aliphatic rings. The van der Waals surface area contributed by atoms with Crippen LogP contribution in [0.4, 0.5) is 21.9 Å². The maximum absolute atomic E-state index is 13.9. The Morgan fingerprint density at radius 1 is 0.596 bits per heavy atom. The largest absolute Gasteiger partial charge is 0.352 e. The molecule has 0 atom stereocenters. The molecule has 9 rings (SSSR count). The number of anilines is 3. The maximum Gasteiger partial charge on any atom is 0.319 e. The van der Waals surface area contributed by atoms with Crippen molar-refractivity contribution in [3.05, 3.63) is 88.4 Å². The van der Waals surface area contributed by atoms with Gasteiger partial charge in [0.15, 0.2) is 5.78 Å². The first kappa shape index (κ1) is 27.5. The number of Topliss-reactive ketones (excluding diaryl/α,β-unsaturated/α-hetero) is 1. The molecule has 0 radical (unpaired) electrons. The molecule has 47 heavy (non-hydrogen) atoms. The smallest absolute Gasteiger partial charge is 0.319 e. The van der Waals surface area contributed by atoms with E-state index >= 15 is 0 Å². The van der Waals surface area contributed by atoms with E-state index in [9.17, 15) is 19.2 Å². The van der Waals surface area contributed by atoms with E-state index in [0.717, 1.165) is 66.5 Å². The number of amides is 4. The van der Waals surface area contributed by atoms with Crippen molar-refractivity contribution in [3.8, 4) is 0 Å². The minimum Gasteiger partial charge on any atom is -0.352 e. The minimum atomic E-state index is -0.479. The average Bonchev–Trinajstić information content (AvgIpc) is 3.91. The van der Waals surface area contributed by atoms with Gasteiger partial charge < -0.3 is 30.5 Å². The lowest BCUT2D eigenvalue weighted by atomic mass is 10.1. The molecule has 0 bridgehead atoms. The number of nitrogens with two attached hydrogens (primary N) is 1. The summed E-state index contributed by atoms with van der Waals surface area (Å²) in [6.45, 7) is 3.46. The monoisotopic (exact) mass is 625 g/mol. The highest BCUT2D eigenvalue weighted by Gasteiger charge is 2.32. The van der Waals surface area contributed by atoms with Crippen molar-refractivity contribution in [3.63, 3.8) is 0 Å². The van der Waals surface area contributed by atoms with E-state index < -0.39 is 6.03 Å². The summed E-state index contributed by atoms with van der Waals surface area (Å²) >= 11 is 0. The fourth-order valence-corrected chi connectivity index (χ4v) is 7.85. The third kappa shape index (κ3) is 3.92. The van der Waals surface area contributed by atoms with Crippen molar-refractivity contribution >= 4 is 73.4 Å². The number of nitrogens with zero attached hydrogens (tertiary/aromatic N) is 3. The molecule has 0 saturated heterocycles. The topological polar surface area (TPSA) is 151 Å². The summed E-state index contributed by atoms with van der Waals surface area (Å²) in [5.41, 5.74) is 15.4. The van der Waals surface area contributed by atoms with Gasteiger partial charge in [0.2, 0.25) is 0 Å². The minimum absolute atomic E-state index is 0.0642. The number of nitrogens with one attached hydrogen (secondary N) is 3. The van der Waals surface area contributed by atoms with Crippen molar-refractivity contribution in [2.24, 2.45) is 5.73 Å². The number of urea groups is 1. The lowest BCUT2D eigenvalue weighted by Gasteiger charge is -2.16. The molecule has 3 aromatic heterocycles. The Morgan fingerprint density at radius 3 is 1.40 bits per heavy atom. The van der Waals surface area contributed by atoms with Gasteiger partial charge in [0.05, 0.1) is 5.69 Å². The quantitative estimate of drug-likeness (QED) is 0.189. The van der Waals surface area contributed by atoms with Gasteiger partial charge in [0, 0.05) is 75.8 Å². The highest BCUT2D eigenvalue weighted by Crippen LogP contribution is 2.39. The standard InChI is InChI=1S/C36H31N7O4/c1-2-33(44)27-15-21-18-9-12-41(30(18)6-3-24(21)38-27)34(45)28-16-22-19-10-13-42(31(19)7-4-25(22)39-28)35(46)29-17-23-20-11-14-43(36(37)47)32(20)8-5-26(23)40-29/h3-8,15-17,38-40H,2,9-14H2,1H3,(H2,37,47). The van der Waals surface area contributed by atoms with Crippen LogP contribution < -0.4 is 20.4 Å². The van der Waals surface area contributed by atoms with Crippen molar-refractivity contribution < 1.29 is 19.2 Å². The number of benzene rings is 3. The van der Waals surface area contributed by atoms with Crippen LogP contribution in [0.5, 0.6) is 0 Å². The Hall–Kier alpha value is -5.84. The first-order chi connectivity index (χ1) is 22.8. The van der Waals surface area contributed by atoms with Crippen LogP contribution in [0.3, 0.4) is 0 Å².